The van der Waals surface area contributed by atoms with Crippen molar-refractivity contribution >= 4 is 11.7 Å². The number of methoxy groups -OCH3 is 1. The quantitative estimate of drug-likeness (QED) is 0.627. The first-order valence-electron chi connectivity index (χ1n) is 13.6. The number of phenolic OH excluding ortho intramolecular Hbond substituents is 1. The summed E-state index contributed by atoms with van der Waals surface area (Å²) in [6.45, 7) is 5.50. The number of rotatable bonds is 7. The van der Waals surface area contributed by atoms with Gasteiger partial charge in [0, 0.05) is 38.5 Å². The van der Waals surface area contributed by atoms with Crippen molar-refractivity contribution in [1.29, 1.82) is 0 Å². The second kappa shape index (κ2) is 10.2. The Labute approximate surface area is 209 Å². The molecule has 1 aromatic rings. The predicted octanol–water partition coefficient (Wildman–Crippen LogP) is 4.26. The van der Waals surface area contributed by atoms with Crippen LogP contribution in [0, 0.1) is 23.2 Å². The predicted molar refractivity (Wildman–Crippen MR) is 133 cm³/mol. The van der Waals surface area contributed by atoms with Gasteiger partial charge in [0.05, 0.1) is 19.8 Å². The van der Waals surface area contributed by atoms with Gasteiger partial charge in [0.15, 0.2) is 0 Å². The van der Waals surface area contributed by atoms with Crippen molar-refractivity contribution in [3.05, 3.63) is 28.8 Å². The van der Waals surface area contributed by atoms with Crippen LogP contribution in [0.1, 0.15) is 74.5 Å². The molecule has 1 N–H and O–H groups in total. The largest absolute Gasteiger partial charge is 0.508 e. The first-order valence-corrected chi connectivity index (χ1v) is 13.6. The van der Waals surface area contributed by atoms with E-state index in [1.807, 2.05) is 11.0 Å². The smallest absolute Gasteiger partial charge is 0.222 e. The second-order valence-corrected chi connectivity index (χ2v) is 11.5. The van der Waals surface area contributed by atoms with Gasteiger partial charge in [0.1, 0.15) is 11.5 Å². The van der Waals surface area contributed by atoms with Crippen LogP contribution in [0.5, 0.6) is 5.75 Å². The number of phenols is 1. The topological polar surface area (TPSA) is 76.1 Å². The highest BCUT2D eigenvalue weighted by atomic mass is 16.5. The van der Waals surface area contributed by atoms with E-state index in [1.165, 1.54) is 11.1 Å². The maximum atomic E-state index is 13.3. The summed E-state index contributed by atoms with van der Waals surface area (Å²) in [6, 6.07) is 4.22. The number of fused-ring (bicyclic) bond motifs is 5. The maximum absolute atomic E-state index is 13.3. The number of carbonyl (C=O) groups is 2. The molecule has 35 heavy (non-hydrogen) atoms. The normalized spacial score (nSPS) is 32.2. The Morgan fingerprint density at radius 3 is 2.83 bits per heavy atom. The summed E-state index contributed by atoms with van der Waals surface area (Å²) in [5, 5.41) is 10.6. The van der Waals surface area contributed by atoms with Crippen LogP contribution in [-0.4, -0.2) is 61.7 Å². The maximum Gasteiger partial charge on any atom is 0.222 e. The van der Waals surface area contributed by atoms with Gasteiger partial charge in [-0.1, -0.05) is 13.0 Å². The van der Waals surface area contributed by atoms with Crippen LogP contribution >= 0.6 is 0 Å². The molecule has 1 amide bonds. The summed E-state index contributed by atoms with van der Waals surface area (Å²) in [5.74, 6) is 2.81. The molecule has 5 atom stereocenters. The fourth-order valence-electron chi connectivity index (χ4n) is 7.88. The van der Waals surface area contributed by atoms with Crippen molar-refractivity contribution < 1.29 is 24.2 Å². The minimum atomic E-state index is -0.215. The van der Waals surface area contributed by atoms with Gasteiger partial charge in [-0.2, -0.15) is 0 Å². The van der Waals surface area contributed by atoms with Crippen molar-refractivity contribution in [2.45, 2.75) is 70.6 Å². The number of hydrogen-bond acceptors (Lipinski definition) is 5. The molecule has 1 saturated heterocycles. The number of hydrogen-bond donors (Lipinski definition) is 1. The van der Waals surface area contributed by atoms with E-state index < -0.39 is 0 Å². The van der Waals surface area contributed by atoms with E-state index in [0.717, 1.165) is 44.1 Å². The lowest BCUT2D eigenvalue weighted by Crippen LogP contribution is -2.44. The van der Waals surface area contributed by atoms with Gasteiger partial charge in [-0.25, -0.2) is 0 Å². The van der Waals surface area contributed by atoms with Crippen molar-refractivity contribution in [2.24, 2.45) is 23.2 Å². The number of benzene rings is 1. The highest BCUT2D eigenvalue weighted by molar-refractivity contribution is 5.87. The monoisotopic (exact) mass is 483 g/mol. The average Bonchev–Trinajstić information content (AvgIpc) is 3.12. The molecule has 0 spiro atoms. The molecule has 5 rings (SSSR count). The summed E-state index contributed by atoms with van der Waals surface area (Å²) in [7, 11) is 1.69. The average molecular weight is 484 g/mol. The Hall–Kier alpha value is -1.92. The number of nitrogens with zero attached hydrogens (tertiary/aromatic N) is 1. The van der Waals surface area contributed by atoms with Crippen LogP contribution < -0.4 is 0 Å². The molecule has 4 aliphatic rings. The molecular weight excluding hydrogens is 442 g/mol. The number of aryl methyl sites for hydroxylation is 1. The lowest BCUT2D eigenvalue weighted by atomic mass is 9.54. The molecule has 2 saturated carbocycles. The number of ether oxygens (including phenoxy) is 2. The molecule has 1 aliphatic heterocycles. The molecule has 1 heterocycles. The molecule has 0 bridgehead atoms. The Balaban J connectivity index is 1.31. The number of Topliss-reactive ketones (excluding diaryl/α,β-unsaturated/α-hetero) is 1. The third-order valence-corrected chi connectivity index (χ3v) is 9.67. The number of carbonyl (C=O) groups excluding carboxylic acids is 2. The van der Waals surface area contributed by atoms with Gasteiger partial charge in [0.25, 0.3) is 0 Å². The molecule has 192 valence electrons. The van der Waals surface area contributed by atoms with Gasteiger partial charge < -0.3 is 19.5 Å². The summed E-state index contributed by atoms with van der Waals surface area (Å²) in [4.78, 5) is 27.9. The first-order chi connectivity index (χ1) is 16.9. The zero-order valence-corrected chi connectivity index (χ0v) is 21.4. The van der Waals surface area contributed by atoms with Crippen LogP contribution in [0.25, 0.3) is 0 Å². The summed E-state index contributed by atoms with van der Waals surface area (Å²) >= 11 is 0. The Morgan fingerprint density at radius 1 is 1.26 bits per heavy atom. The highest BCUT2D eigenvalue weighted by Gasteiger charge is 2.58. The Morgan fingerprint density at radius 2 is 2.06 bits per heavy atom. The zero-order chi connectivity index (χ0) is 24.6. The fourth-order valence-corrected chi connectivity index (χ4v) is 7.88. The molecule has 3 aliphatic carbocycles. The molecular formula is C29H41NO5. The second-order valence-electron chi connectivity index (χ2n) is 11.5. The fraction of sp³-hybridized carbons (Fsp3) is 0.724. The van der Waals surface area contributed by atoms with Gasteiger partial charge in [0.2, 0.25) is 5.91 Å². The summed E-state index contributed by atoms with van der Waals surface area (Å²) in [5.41, 5.74) is 3.44. The lowest BCUT2D eigenvalue weighted by Gasteiger charge is -2.50. The van der Waals surface area contributed by atoms with Crippen LogP contribution in [-0.2, 0) is 31.9 Å². The number of morpholine rings is 1. The minimum Gasteiger partial charge on any atom is -0.508 e. The van der Waals surface area contributed by atoms with E-state index in [0.29, 0.717) is 87.4 Å². The van der Waals surface area contributed by atoms with E-state index in [1.54, 1.807) is 7.11 Å². The van der Waals surface area contributed by atoms with Crippen LogP contribution in [0.3, 0.4) is 0 Å². The van der Waals surface area contributed by atoms with Crippen molar-refractivity contribution in [3.63, 3.8) is 0 Å². The van der Waals surface area contributed by atoms with Crippen LogP contribution in [0.15, 0.2) is 12.1 Å². The van der Waals surface area contributed by atoms with Crippen molar-refractivity contribution in [3.8, 4) is 5.75 Å². The molecule has 0 radical (unpaired) electrons. The third kappa shape index (κ3) is 4.64. The van der Waals surface area contributed by atoms with Gasteiger partial charge in [-0.3, -0.25) is 9.59 Å². The molecule has 6 heteroatoms. The highest BCUT2D eigenvalue weighted by Crippen LogP contribution is 2.62. The minimum absolute atomic E-state index is 0.215. The van der Waals surface area contributed by atoms with Crippen molar-refractivity contribution in [2.75, 3.05) is 40.0 Å². The standard InChI is InChI=1S/C29H41NO5/c1-29-10-8-22-23(7-6-19-17-25(31)20(9-13-34-2)16-24(19)22)28(29)21(18-26(29)32)4-3-5-27(33)30-11-14-35-15-12-30/h16-17,21-23,28,31H,3-15,18H2,1-2H3/t21-,22+,23-,28+,29-/m1/s1. The van der Waals surface area contributed by atoms with Crippen LogP contribution in [0.2, 0.25) is 0 Å². The van der Waals surface area contributed by atoms with Crippen molar-refractivity contribution in [1.82, 2.24) is 4.90 Å². The third-order valence-electron chi connectivity index (χ3n) is 9.67. The first kappa shape index (κ1) is 24.8. The molecule has 0 aromatic heterocycles. The molecule has 1 aromatic carbocycles. The molecule has 6 nitrogen and oxygen atoms in total. The van der Waals surface area contributed by atoms with E-state index >= 15 is 0 Å². The Bertz CT molecular complexity index is 955. The van der Waals surface area contributed by atoms with E-state index in [-0.39, 0.29) is 11.3 Å². The van der Waals surface area contributed by atoms with Gasteiger partial charge in [-0.05, 0) is 91.4 Å². The van der Waals surface area contributed by atoms with E-state index in [4.69, 9.17) is 9.47 Å². The number of aromatic hydroxyl groups is 1. The molecule has 3 fully saturated rings. The summed E-state index contributed by atoms with van der Waals surface area (Å²) < 4.78 is 10.6. The van der Waals surface area contributed by atoms with Crippen LogP contribution in [0.4, 0.5) is 0 Å². The lowest BCUT2D eigenvalue weighted by molar-refractivity contribution is -0.135. The summed E-state index contributed by atoms with van der Waals surface area (Å²) in [6.07, 6.45) is 7.86. The molecule has 0 unspecified atom stereocenters. The van der Waals surface area contributed by atoms with Gasteiger partial charge in [-0.15, -0.1) is 0 Å². The van der Waals surface area contributed by atoms with Gasteiger partial charge >= 0.3 is 0 Å². The number of ketones is 1. The van der Waals surface area contributed by atoms with E-state index in [2.05, 4.69) is 13.0 Å². The SMILES string of the molecule is COCCc1cc2c(cc1O)CC[C@H]1[C@@H]3[C@H](CCCC(=O)N4CCOCC4)CC(=O)[C@@]3(C)CC[C@H]21. The Kier molecular flexibility index (Phi) is 7.23. The number of amides is 1. The zero-order valence-electron chi connectivity index (χ0n) is 21.4. The van der Waals surface area contributed by atoms with E-state index in [9.17, 15) is 14.7 Å².